The molecule has 0 saturated carbocycles. The van der Waals surface area contributed by atoms with Gasteiger partial charge in [-0.05, 0) is 24.1 Å². The maximum Gasteiger partial charge on any atom is 0.283 e. The summed E-state index contributed by atoms with van der Waals surface area (Å²) in [4.78, 5) is 17.0. The number of nitrogens with two attached hydrogens (primary N) is 1. The lowest BCUT2D eigenvalue weighted by Gasteiger charge is -2.13. The number of methoxy groups -OCH3 is 1. The highest BCUT2D eigenvalue weighted by Gasteiger charge is 2.15. The molecule has 0 bridgehead atoms. The molecule has 8 heteroatoms. The van der Waals surface area contributed by atoms with Crippen LogP contribution in [0.5, 0.6) is 11.5 Å². The number of carbonyl (C=O) groups excluding carboxylic acids is 1. The first-order valence-corrected chi connectivity index (χ1v) is 9.86. The van der Waals surface area contributed by atoms with Crippen molar-refractivity contribution in [1.82, 2.24) is 10.4 Å². The fourth-order valence-electron chi connectivity index (χ4n) is 2.68. The second kappa shape index (κ2) is 9.70. The maximum absolute atomic E-state index is 12.4. The Balaban J connectivity index is 1.75. The van der Waals surface area contributed by atoms with E-state index in [4.69, 9.17) is 15.2 Å². The third-order valence-corrected chi connectivity index (χ3v) is 5.01. The highest BCUT2D eigenvalue weighted by Crippen LogP contribution is 2.31. The molecule has 1 aromatic heterocycles. The summed E-state index contributed by atoms with van der Waals surface area (Å²) >= 11 is 1.14. The number of rotatable bonds is 8. The summed E-state index contributed by atoms with van der Waals surface area (Å²) in [5.41, 5.74) is 10.6. The SMILES string of the molecule is CCc1nc(N)sc1C(=O)N/N=C\c1cccc(OC)c1OCc1ccccc1. The predicted molar refractivity (Wildman–Crippen MR) is 115 cm³/mol. The molecule has 1 heterocycles. The predicted octanol–water partition coefficient (Wildman–Crippen LogP) is 3.64. The molecule has 0 atom stereocenters. The van der Waals surface area contributed by atoms with E-state index < -0.39 is 0 Å². The number of para-hydroxylation sites is 1. The van der Waals surface area contributed by atoms with Crippen LogP contribution in [0.25, 0.3) is 0 Å². The number of hydrogen-bond acceptors (Lipinski definition) is 7. The van der Waals surface area contributed by atoms with E-state index in [9.17, 15) is 4.79 Å². The van der Waals surface area contributed by atoms with Gasteiger partial charge in [-0.1, -0.05) is 54.7 Å². The van der Waals surface area contributed by atoms with Gasteiger partial charge in [-0.2, -0.15) is 5.10 Å². The summed E-state index contributed by atoms with van der Waals surface area (Å²) < 4.78 is 11.4. The molecular weight excluding hydrogens is 388 g/mol. The van der Waals surface area contributed by atoms with Gasteiger partial charge in [0.2, 0.25) is 0 Å². The van der Waals surface area contributed by atoms with Gasteiger partial charge >= 0.3 is 0 Å². The van der Waals surface area contributed by atoms with Gasteiger partial charge in [-0.3, -0.25) is 4.79 Å². The Morgan fingerprint density at radius 3 is 2.76 bits per heavy atom. The van der Waals surface area contributed by atoms with Crippen molar-refractivity contribution in [2.75, 3.05) is 12.8 Å². The van der Waals surface area contributed by atoms with Gasteiger partial charge in [0.15, 0.2) is 16.6 Å². The number of hydrogen-bond donors (Lipinski definition) is 2. The third kappa shape index (κ3) is 5.11. The van der Waals surface area contributed by atoms with Crippen molar-refractivity contribution in [2.24, 2.45) is 5.10 Å². The van der Waals surface area contributed by atoms with E-state index >= 15 is 0 Å². The Kier molecular flexibility index (Phi) is 6.80. The third-order valence-electron chi connectivity index (χ3n) is 4.08. The molecule has 0 aliphatic heterocycles. The van der Waals surface area contributed by atoms with Gasteiger partial charge in [0, 0.05) is 5.56 Å². The fraction of sp³-hybridized carbons (Fsp3) is 0.190. The Labute approximate surface area is 173 Å². The second-order valence-electron chi connectivity index (χ2n) is 6.03. The summed E-state index contributed by atoms with van der Waals surface area (Å²) in [6.07, 6.45) is 2.14. The molecule has 3 N–H and O–H groups in total. The molecule has 0 spiro atoms. The molecule has 0 radical (unpaired) electrons. The molecule has 2 aromatic carbocycles. The van der Waals surface area contributed by atoms with E-state index in [0.29, 0.717) is 45.8 Å². The largest absolute Gasteiger partial charge is 0.493 e. The summed E-state index contributed by atoms with van der Waals surface area (Å²) in [6.45, 7) is 2.30. The van der Waals surface area contributed by atoms with Crippen LogP contribution in [0.1, 0.15) is 33.4 Å². The first kappa shape index (κ1) is 20.3. The average molecular weight is 410 g/mol. The van der Waals surface area contributed by atoms with E-state index in [-0.39, 0.29) is 5.91 Å². The van der Waals surface area contributed by atoms with Gasteiger partial charge < -0.3 is 15.2 Å². The van der Waals surface area contributed by atoms with Crippen molar-refractivity contribution < 1.29 is 14.3 Å². The summed E-state index contributed by atoms with van der Waals surface area (Å²) in [6, 6.07) is 15.3. The minimum absolute atomic E-state index is 0.345. The number of carbonyl (C=O) groups is 1. The van der Waals surface area contributed by atoms with E-state index in [2.05, 4.69) is 15.5 Å². The number of nitrogen functional groups attached to an aromatic ring is 1. The molecule has 7 nitrogen and oxygen atoms in total. The van der Waals surface area contributed by atoms with Gasteiger partial charge in [-0.15, -0.1) is 0 Å². The normalized spacial score (nSPS) is 10.8. The van der Waals surface area contributed by atoms with Crippen LogP contribution in [0.15, 0.2) is 53.6 Å². The Hall–Kier alpha value is -3.39. The standard InChI is InChI=1S/C21H22N4O3S/c1-3-16-19(29-21(22)24-16)20(26)25-23-12-15-10-7-11-17(27-2)18(15)28-13-14-8-5-4-6-9-14/h4-12H,3,13H2,1-2H3,(H2,22,24)(H,25,26)/b23-12-. The number of anilines is 1. The van der Waals surface area contributed by atoms with Crippen molar-refractivity contribution in [2.45, 2.75) is 20.0 Å². The Morgan fingerprint density at radius 2 is 2.03 bits per heavy atom. The number of nitrogens with zero attached hydrogens (tertiary/aromatic N) is 2. The molecule has 0 unspecified atom stereocenters. The van der Waals surface area contributed by atoms with Crippen molar-refractivity contribution in [1.29, 1.82) is 0 Å². The molecule has 29 heavy (non-hydrogen) atoms. The quantitative estimate of drug-likeness (QED) is 0.436. The lowest BCUT2D eigenvalue weighted by molar-refractivity contribution is 0.0958. The number of nitrogens with one attached hydrogen (secondary N) is 1. The van der Waals surface area contributed by atoms with Gasteiger partial charge in [0.1, 0.15) is 11.5 Å². The van der Waals surface area contributed by atoms with Crippen molar-refractivity contribution in [3.05, 3.63) is 70.2 Å². The molecule has 0 saturated heterocycles. The van der Waals surface area contributed by atoms with Gasteiger partial charge in [0.25, 0.3) is 5.91 Å². The number of aromatic nitrogens is 1. The molecule has 3 rings (SSSR count). The molecular formula is C21H22N4O3S. The molecule has 1 amide bonds. The van der Waals surface area contributed by atoms with Crippen LogP contribution in [0, 0.1) is 0 Å². The van der Waals surface area contributed by atoms with Crippen LogP contribution in [0.4, 0.5) is 5.13 Å². The first-order chi connectivity index (χ1) is 14.1. The number of hydrazone groups is 1. The first-order valence-electron chi connectivity index (χ1n) is 9.04. The monoisotopic (exact) mass is 410 g/mol. The van der Waals surface area contributed by atoms with E-state index in [1.165, 1.54) is 6.21 Å². The van der Waals surface area contributed by atoms with Crippen LogP contribution in [0.3, 0.4) is 0 Å². The Morgan fingerprint density at radius 1 is 1.24 bits per heavy atom. The van der Waals surface area contributed by atoms with Crippen molar-refractivity contribution >= 4 is 28.6 Å². The molecule has 0 aliphatic rings. The lowest BCUT2D eigenvalue weighted by atomic mass is 10.2. The average Bonchev–Trinajstić information content (AvgIpc) is 3.14. The van der Waals surface area contributed by atoms with Crippen LogP contribution in [0.2, 0.25) is 0 Å². The van der Waals surface area contributed by atoms with Gasteiger partial charge in [-0.25, -0.2) is 10.4 Å². The fourth-order valence-corrected chi connectivity index (χ4v) is 3.49. The maximum atomic E-state index is 12.4. The number of benzene rings is 2. The number of thiazole rings is 1. The summed E-state index contributed by atoms with van der Waals surface area (Å²) in [5, 5.41) is 4.43. The number of amides is 1. The molecule has 150 valence electrons. The highest BCUT2D eigenvalue weighted by molar-refractivity contribution is 7.17. The van der Waals surface area contributed by atoms with Crippen LogP contribution >= 0.6 is 11.3 Å². The summed E-state index contributed by atoms with van der Waals surface area (Å²) in [7, 11) is 1.58. The molecule has 0 aliphatic carbocycles. The minimum atomic E-state index is -0.345. The Bertz CT molecular complexity index is 1000. The smallest absolute Gasteiger partial charge is 0.283 e. The summed E-state index contributed by atoms with van der Waals surface area (Å²) in [5.74, 6) is 0.787. The molecule has 3 aromatic rings. The molecule has 0 fully saturated rings. The zero-order valence-corrected chi connectivity index (χ0v) is 17.0. The number of aryl methyl sites for hydroxylation is 1. The lowest BCUT2D eigenvalue weighted by Crippen LogP contribution is -2.18. The minimum Gasteiger partial charge on any atom is -0.493 e. The van der Waals surface area contributed by atoms with Crippen LogP contribution < -0.4 is 20.6 Å². The zero-order valence-electron chi connectivity index (χ0n) is 16.2. The van der Waals surface area contributed by atoms with E-state index in [0.717, 1.165) is 16.9 Å². The second-order valence-corrected chi connectivity index (χ2v) is 7.06. The van der Waals surface area contributed by atoms with E-state index in [1.807, 2.05) is 55.5 Å². The topological polar surface area (TPSA) is 98.8 Å². The van der Waals surface area contributed by atoms with Crippen molar-refractivity contribution in [3.63, 3.8) is 0 Å². The zero-order chi connectivity index (χ0) is 20.6. The van der Waals surface area contributed by atoms with Crippen molar-refractivity contribution in [3.8, 4) is 11.5 Å². The number of ether oxygens (including phenoxy) is 2. The highest BCUT2D eigenvalue weighted by atomic mass is 32.1. The van der Waals surface area contributed by atoms with E-state index in [1.54, 1.807) is 7.11 Å². The van der Waals surface area contributed by atoms with Crippen LogP contribution in [-0.2, 0) is 13.0 Å². The van der Waals surface area contributed by atoms with Gasteiger partial charge in [0.05, 0.1) is 19.0 Å². The van der Waals surface area contributed by atoms with Crippen LogP contribution in [-0.4, -0.2) is 24.2 Å².